The zero-order valence-corrected chi connectivity index (χ0v) is 11.8. The minimum Gasteiger partial charge on any atom is -0.454 e. The van der Waals surface area contributed by atoms with Crippen LogP contribution in [0.25, 0.3) is 0 Å². The summed E-state index contributed by atoms with van der Waals surface area (Å²) in [6.07, 6.45) is 4.03. The van der Waals surface area contributed by atoms with E-state index in [1.54, 1.807) is 0 Å². The predicted molar refractivity (Wildman–Crippen MR) is 78.6 cm³/mol. The fraction of sp³-hybridized carbons (Fsp3) is 0.438. The number of carbonyl (C=O) groups is 1. The van der Waals surface area contributed by atoms with E-state index in [9.17, 15) is 4.79 Å². The Morgan fingerprint density at radius 3 is 2.67 bits per heavy atom. The average molecular weight is 286 g/mol. The van der Waals surface area contributed by atoms with Crippen LogP contribution in [0.2, 0.25) is 0 Å². The number of benzene rings is 1. The fourth-order valence-electron chi connectivity index (χ4n) is 3.61. The first kappa shape index (κ1) is 12.6. The van der Waals surface area contributed by atoms with Crippen molar-refractivity contribution >= 4 is 11.7 Å². The number of nitrogens with one attached hydrogen (secondary N) is 1. The van der Waals surface area contributed by atoms with Gasteiger partial charge in [-0.05, 0) is 37.8 Å². The van der Waals surface area contributed by atoms with Crippen molar-refractivity contribution in [2.45, 2.75) is 37.8 Å². The summed E-state index contributed by atoms with van der Waals surface area (Å²) < 4.78 is 10.6. The number of amides is 2. The fourth-order valence-corrected chi connectivity index (χ4v) is 3.61. The van der Waals surface area contributed by atoms with E-state index in [1.165, 1.54) is 5.57 Å². The Balaban J connectivity index is 1.50. The van der Waals surface area contributed by atoms with Gasteiger partial charge >= 0.3 is 6.03 Å². The highest BCUT2D eigenvalue weighted by atomic mass is 16.7. The van der Waals surface area contributed by atoms with Crippen LogP contribution in [-0.4, -0.2) is 29.8 Å². The molecule has 0 aromatic heterocycles. The molecule has 0 aliphatic carbocycles. The first-order valence-electron chi connectivity index (χ1n) is 7.36. The van der Waals surface area contributed by atoms with E-state index < -0.39 is 0 Å². The molecule has 2 amide bonds. The number of urea groups is 1. The Morgan fingerprint density at radius 1 is 1.19 bits per heavy atom. The summed E-state index contributed by atoms with van der Waals surface area (Å²) in [6, 6.07) is 6.08. The van der Waals surface area contributed by atoms with Gasteiger partial charge < -0.3 is 19.7 Å². The van der Waals surface area contributed by atoms with Crippen LogP contribution in [0.5, 0.6) is 11.5 Å². The van der Waals surface area contributed by atoms with Crippen molar-refractivity contribution in [2.75, 3.05) is 12.1 Å². The molecule has 1 aromatic carbocycles. The Labute approximate surface area is 123 Å². The quantitative estimate of drug-likeness (QED) is 0.807. The van der Waals surface area contributed by atoms with E-state index in [2.05, 4.69) is 11.9 Å². The lowest BCUT2D eigenvalue weighted by Crippen LogP contribution is -2.46. The van der Waals surface area contributed by atoms with Crippen molar-refractivity contribution in [3.05, 3.63) is 30.4 Å². The molecular formula is C16H18N2O3. The summed E-state index contributed by atoms with van der Waals surface area (Å²) in [5.74, 6) is 1.41. The van der Waals surface area contributed by atoms with Gasteiger partial charge in [-0.25, -0.2) is 4.79 Å². The van der Waals surface area contributed by atoms with Crippen molar-refractivity contribution < 1.29 is 14.3 Å². The molecule has 1 N–H and O–H groups in total. The van der Waals surface area contributed by atoms with Gasteiger partial charge in [0.1, 0.15) is 0 Å². The molecule has 5 heteroatoms. The average Bonchev–Trinajstić information content (AvgIpc) is 3.01. The van der Waals surface area contributed by atoms with Crippen molar-refractivity contribution in [3.8, 4) is 11.5 Å². The molecular weight excluding hydrogens is 268 g/mol. The normalized spacial score (nSPS) is 26.1. The first-order valence-corrected chi connectivity index (χ1v) is 7.36. The Bertz CT molecular complexity index is 598. The lowest BCUT2D eigenvalue weighted by atomic mass is 9.99. The van der Waals surface area contributed by atoms with Crippen LogP contribution in [0.1, 0.15) is 25.7 Å². The molecule has 21 heavy (non-hydrogen) atoms. The molecule has 3 aliphatic heterocycles. The molecule has 3 aliphatic rings. The zero-order chi connectivity index (χ0) is 14.4. The highest BCUT2D eigenvalue weighted by molar-refractivity contribution is 5.90. The van der Waals surface area contributed by atoms with Crippen LogP contribution < -0.4 is 14.8 Å². The number of carbonyl (C=O) groups excluding carboxylic acids is 1. The maximum absolute atomic E-state index is 12.5. The molecule has 2 saturated heterocycles. The van der Waals surface area contributed by atoms with Gasteiger partial charge in [0.25, 0.3) is 0 Å². The summed E-state index contributed by atoms with van der Waals surface area (Å²) in [6.45, 7) is 4.32. The van der Waals surface area contributed by atoms with Crippen LogP contribution in [0.4, 0.5) is 10.5 Å². The molecule has 0 saturated carbocycles. The number of hydrogen-bond donors (Lipinski definition) is 1. The van der Waals surface area contributed by atoms with Gasteiger partial charge in [-0.15, -0.1) is 0 Å². The standard InChI is InChI=1S/C16H18N2O3/c1-10-6-12-3-4-13(7-10)18(12)16(19)17-11-2-5-14-15(8-11)21-9-20-14/h2,5,8,12-13H,1,3-4,6-7,9H2,(H,17,19). The lowest BCUT2D eigenvalue weighted by molar-refractivity contribution is 0.174. The molecule has 5 nitrogen and oxygen atoms in total. The number of nitrogens with zero attached hydrogens (tertiary/aromatic N) is 1. The molecule has 0 radical (unpaired) electrons. The maximum Gasteiger partial charge on any atom is 0.322 e. The van der Waals surface area contributed by atoms with Gasteiger partial charge in [0.15, 0.2) is 11.5 Å². The zero-order valence-electron chi connectivity index (χ0n) is 11.8. The second kappa shape index (κ2) is 4.69. The van der Waals surface area contributed by atoms with E-state index in [0.717, 1.165) is 37.1 Å². The van der Waals surface area contributed by atoms with Crippen molar-refractivity contribution in [1.29, 1.82) is 0 Å². The van der Waals surface area contributed by atoms with Crippen LogP contribution in [-0.2, 0) is 0 Å². The van der Waals surface area contributed by atoms with Crippen molar-refractivity contribution in [1.82, 2.24) is 4.90 Å². The van der Waals surface area contributed by atoms with Crippen molar-refractivity contribution in [2.24, 2.45) is 0 Å². The van der Waals surface area contributed by atoms with Crippen LogP contribution >= 0.6 is 0 Å². The Morgan fingerprint density at radius 2 is 1.90 bits per heavy atom. The van der Waals surface area contributed by atoms with Crippen LogP contribution in [0.15, 0.2) is 30.4 Å². The van der Waals surface area contributed by atoms with Gasteiger partial charge in [-0.3, -0.25) is 0 Å². The second-order valence-electron chi connectivity index (χ2n) is 5.95. The molecule has 4 rings (SSSR count). The maximum atomic E-state index is 12.5. The summed E-state index contributed by atoms with van der Waals surface area (Å²) in [4.78, 5) is 14.5. The SMILES string of the molecule is C=C1CC2CCC(C1)N2C(=O)Nc1ccc2c(c1)OCO2. The minimum atomic E-state index is -0.0196. The number of ether oxygens (including phenoxy) is 2. The highest BCUT2D eigenvalue weighted by Gasteiger charge is 2.40. The van der Waals surface area contributed by atoms with E-state index in [1.807, 2.05) is 23.1 Å². The van der Waals surface area contributed by atoms with Crippen LogP contribution in [0.3, 0.4) is 0 Å². The summed E-state index contributed by atoms with van der Waals surface area (Å²) >= 11 is 0. The Kier molecular flexibility index (Phi) is 2.80. The second-order valence-corrected chi connectivity index (χ2v) is 5.95. The predicted octanol–water partition coefficient (Wildman–Crippen LogP) is 3.13. The molecule has 2 unspecified atom stereocenters. The van der Waals surface area contributed by atoms with Gasteiger partial charge in [0.2, 0.25) is 6.79 Å². The summed E-state index contributed by atoms with van der Waals surface area (Å²) in [5.41, 5.74) is 2.02. The van der Waals surface area contributed by atoms with Gasteiger partial charge in [0.05, 0.1) is 0 Å². The molecule has 0 spiro atoms. The van der Waals surface area contributed by atoms with E-state index in [-0.39, 0.29) is 12.8 Å². The third kappa shape index (κ3) is 2.13. The molecule has 2 bridgehead atoms. The summed E-state index contributed by atoms with van der Waals surface area (Å²) in [5, 5.41) is 2.98. The number of fused-ring (bicyclic) bond motifs is 3. The van der Waals surface area contributed by atoms with Crippen LogP contribution in [0, 0.1) is 0 Å². The highest BCUT2D eigenvalue weighted by Crippen LogP contribution is 2.38. The molecule has 110 valence electrons. The van der Waals surface area contributed by atoms with Crippen molar-refractivity contribution in [3.63, 3.8) is 0 Å². The molecule has 1 aromatic rings. The number of piperidine rings is 1. The smallest absolute Gasteiger partial charge is 0.322 e. The van der Waals surface area contributed by atoms with Gasteiger partial charge in [0, 0.05) is 23.8 Å². The monoisotopic (exact) mass is 286 g/mol. The topological polar surface area (TPSA) is 50.8 Å². The van der Waals surface area contributed by atoms with Gasteiger partial charge in [-0.1, -0.05) is 12.2 Å². The first-order chi connectivity index (χ1) is 10.2. The largest absolute Gasteiger partial charge is 0.454 e. The lowest BCUT2D eigenvalue weighted by Gasteiger charge is -2.35. The summed E-state index contributed by atoms with van der Waals surface area (Å²) in [7, 11) is 0. The number of hydrogen-bond acceptors (Lipinski definition) is 3. The van der Waals surface area contributed by atoms with E-state index in [0.29, 0.717) is 17.8 Å². The molecule has 2 fully saturated rings. The van der Waals surface area contributed by atoms with E-state index in [4.69, 9.17) is 9.47 Å². The molecule has 2 atom stereocenters. The Hall–Kier alpha value is -2.17. The number of anilines is 1. The van der Waals surface area contributed by atoms with E-state index >= 15 is 0 Å². The third-order valence-corrected chi connectivity index (χ3v) is 4.53. The number of rotatable bonds is 1. The van der Waals surface area contributed by atoms with Gasteiger partial charge in [-0.2, -0.15) is 0 Å². The minimum absolute atomic E-state index is 0.0196. The molecule has 3 heterocycles. The third-order valence-electron chi connectivity index (χ3n) is 4.53.